The first-order chi connectivity index (χ1) is 10.1. The van der Waals surface area contributed by atoms with Crippen LogP contribution in [-0.4, -0.2) is 23.4 Å². The second kappa shape index (κ2) is 7.04. The number of aryl methyl sites for hydroxylation is 1. The van der Waals surface area contributed by atoms with Gasteiger partial charge in [-0.1, -0.05) is 12.1 Å². The van der Waals surface area contributed by atoms with Crippen molar-refractivity contribution in [3.8, 4) is 5.75 Å². The third kappa shape index (κ3) is 4.43. The number of nitrogen functional groups attached to an aromatic ring is 1. The molecule has 0 aromatic heterocycles. The van der Waals surface area contributed by atoms with Gasteiger partial charge in [-0.25, -0.2) is 4.79 Å². The Bertz CT molecular complexity index is 643. The summed E-state index contributed by atoms with van der Waals surface area (Å²) in [7, 11) is 0. The summed E-state index contributed by atoms with van der Waals surface area (Å²) in [6, 6.07) is 12.4. The van der Waals surface area contributed by atoms with Gasteiger partial charge < -0.3 is 15.6 Å². The monoisotopic (exact) mass is 303 g/mol. The number of hydrogen-bond donors (Lipinski definition) is 2. The van der Waals surface area contributed by atoms with E-state index in [4.69, 9.17) is 15.6 Å². The summed E-state index contributed by atoms with van der Waals surface area (Å²) >= 11 is 1.62. The molecule has 3 N–H and O–H groups in total. The Balaban J connectivity index is 1.86. The van der Waals surface area contributed by atoms with Crippen molar-refractivity contribution in [2.75, 3.05) is 18.1 Å². The molecule has 5 heteroatoms. The molecule has 0 aliphatic heterocycles. The normalized spacial score (nSPS) is 10.3. The Morgan fingerprint density at radius 3 is 2.86 bits per heavy atom. The molecule has 0 aliphatic rings. The first kappa shape index (κ1) is 15.3. The first-order valence-corrected chi connectivity index (χ1v) is 7.50. The van der Waals surface area contributed by atoms with E-state index in [2.05, 4.69) is 0 Å². The molecular formula is C16H17NO3S. The van der Waals surface area contributed by atoms with E-state index in [0.29, 0.717) is 12.4 Å². The number of benzene rings is 2. The van der Waals surface area contributed by atoms with E-state index in [1.165, 1.54) is 17.7 Å². The molecule has 0 saturated carbocycles. The zero-order valence-corrected chi connectivity index (χ0v) is 12.5. The smallest absolute Gasteiger partial charge is 0.335 e. The average Bonchev–Trinajstić information content (AvgIpc) is 2.47. The number of aromatic carboxylic acids is 1. The quantitative estimate of drug-likeness (QED) is 0.486. The minimum absolute atomic E-state index is 0.225. The lowest BCUT2D eigenvalue weighted by Crippen LogP contribution is -2.02. The van der Waals surface area contributed by atoms with Gasteiger partial charge in [0.05, 0.1) is 12.2 Å². The fourth-order valence-electron chi connectivity index (χ4n) is 1.80. The summed E-state index contributed by atoms with van der Waals surface area (Å²) < 4.78 is 5.56. The number of ether oxygens (including phenoxy) is 1. The number of carboxylic acid groups (broad SMARTS) is 1. The molecule has 0 saturated heterocycles. The molecule has 0 amide bonds. The SMILES string of the molecule is Cc1ccc(N)c(SCCOc2cccc(C(=O)O)c2)c1. The van der Waals surface area contributed by atoms with Crippen LogP contribution < -0.4 is 10.5 Å². The number of hydrogen-bond acceptors (Lipinski definition) is 4. The predicted octanol–water partition coefficient (Wildman–Crippen LogP) is 3.45. The molecule has 110 valence electrons. The van der Waals surface area contributed by atoms with Crippen LogP contribution in [0.4, 0.5) is 5.69 Å². The fraction of sp³-hybridized carbons (Fsp3) is 0.188. The van der Waals surface area contributed by atoms with Gasteiger partial charge in [0.2, 0.25) is 0 Å². The van der Waals surface area contributed by atoms with Gasteiger partial charge in [-0.05, 0) is 42.8 Å². The maximum atomic E-state index is 10.9. The van der Waals surface area contributed by atoms with Crippen molar-refractivity contribution in [1.82, 2.24) is 0 Å². The highest BCUT2D eigenvalue weighted by molar-refractivity contribution is 7.99. The van der Waals surface area contributed by atoms with Crippen LogP contribution in [-0.2, 0) is 0 Å². The molecule has 0 fully saturated rings. The Hall–Kier alpha value is -2.14. The molecule has 0 unspecified atom stereocenters. The van der Waals surface area contributed by atoms with E-state index in [1.807, 2.05) is 25.1 Å². The average molecular weight is 303 g/mol. The van der Waals surface area contributed by atoms with Gasteiger partial charge in [0.1, 0.15) is 5.75 Å². The van der Waals surface area contributed by atoms with Crippen LogP contribution in [0.15, 0.2) is 47.4 Å². The molecule has 2 aromatic rings. The number of rotatable bonds is 6. The van der Waals surface area contributed by atoms with Crippen molar-refractivity contribution in [1.29, 1.82) is 0 Å². The van der Waals surface area contributed by atoms with Crippen LogP contribution >= 0.6 is 11.8 Å². The number of anilines is 1. The second-order valence-corrected chi connectivity index (χ2v) is 5.71. The van der Waals surface area contributed by atoms with E-state index in [9.17, 15) is 4.79 Å². The van der Waals surface area contributed by atoms with Crippen molar-refractivity contribution in [2.24, 2.45) is 0 Å². The van der Waals surface area contributed by atoms with Crippen LogP contribution in [0.1, 0.15) is 15.9 Å². The van der Waals surface area contributed by atoms with Gasteiger partial charge in [0.25, 0.3) is 0 Å². The molecule has 0 spiro atoms. The number of carboxylic acids is 1. The molecule has 0 bridgehead atoms. The van der Waals surface area contributed by atoms with E-state index in [0.717, 1.165) is 16.3 Å². The summed E-state index contributed by atoms with van der Waals surface area (Å²) in [5.74, 6) is 0.348. The van der Waals surface area contributed by atoms with Crippen molar-refractivity contribution in [3.05, 3.63) is 53.6 Å². The van der Waals surface area contributed by atoms with Gasteiger partial charge in [-0.15, -0.1) is 11.8 Å². The molecule has 0 atom stereocenters. The zero-order chi connectivity index (χ0) is 15.2. The predicted molar refractivity (Wildman–Crippen MR) is 85.2 cm³/mol. The van der Waals surface area contributed by atoms with Crippen molar-refractivity contribution < 1.29 is 14.6 Å². The number of thioether (sulfide) groups is 1. The lowest BCUT2D eigenvalue weighted by molar-refractivity contribution is 0.0696. The highest BCUT2D eigenvalue weighted by atomic mass is 32.2. The maximum Gasteiger partial charge on any atom is 0.335 e. The summed E-state index contributed by atoms with van der Waals surface area (Å²) in [4.78, 5) is 11.9. The highest BCUT2D eigenvalue weighted by Crippen LogP contribution is 2.26. The topological polar surface area (TPSA) is 72.5 Å². The number of nitrogens with two attached hydrogens (primary N) is 1. The summed E-state index contributed by atoms with van der Waals surface area (Å²) in [6.45, 7) is 2.51. The van der Waals surface area contributed by atoms with Gasteiger partial charge >= 0.3 is 5.97 Å². The summed E-state index contributed by atoms with van der Waals surface area (Å²) in [5.41, 5.74) is 8.06. The molecule has 0 radical (unpaired) electrons. The first-order valence-electron chi connectivity index (χ1n) is 6.51. The lowest BCUT2D eigenvalue weighted by atomic mass is 10.2. The Morgan fingerprint density at radius 2 is 2.10 bits per heavy atom. The van der Waals surface area contributed by atoms with Gasteiger partial charge in [-0.2, -0.15) is 0 Å². The van der Waals surface area contributed by atoms with Crippen molar-refractivity contribution >= 4 is 23.4 Å². The lowest BCUT2D eigenvalue weighted by Gasteiger charge is -2.08. The van der Waals surface area contributed by atoms with E-state index < -0.39 is 5.97 Å². The Kier molecular flexibility index (Phi) is 5.11. The Labute approximate surface area is 127 Å². The molecule has 4 nitrogen and oxygen atoms in total. The third-order valence-electron chi connectivity index (χ3n) is 2.86. The van der Waals surface area contributed by atoms with E-state index in [-0.39, 0.29) is 5.56 Å². The molecule has 21 heavy (non-hydrogen) atoms. The van der Waals surface area contributed by atoms with Crippen LogP contribution in [0.2, 0.25) is 0 Å². The third-order valence-corrected chi connectivity index (χ3v) is 3.90. The minimum Gasteiger partial charge on any atom is -0.493 e. The summed E-state index contributed by atoms with van der Waals surface area (Å²) in [5, 5.41) is 8.91. The van der Waals surface area contributed by atoms with Crippen LogP contribution in [0.25, 0.3) is 0 Å². The van der Waals surface area contributed by atoms with Crippen molar-refractivity contribution in [2.45, 2.75) is 11.8 Å². The second-order valence-electron chi connectivity index (χ2n) is 4.57. The largest absolute Gasteiger partial charge is 0.493 e. The maximum absolute atomic E-state index is 10.9. The minimum atomic E-state index is -0.956. The van der Waals surface area contributed by atoms with Crippen molar-refractivity contribution in [3.63, 3.8) is 0 Å². The van der Waals surface area contributed by atoms with Crippen LogP contribution in [0.5, 0.6) is 5.75 Å². The number of carbonyl (C=O) groups is 1. The molecule has 0 heterocycles. The molecule has 2 rings (SSSR count). The zero-order valence-electron chi connectivity index (χ0n) is 11.7. The summed E-state index contributed by atoms with van der Waals surface area (Å²) in [6.07, 6.45) is 0. The van der Waals surface area contributed by atoms with Gasteiger partial charge in [0, 0.05) is 16.3 Å². The van der Waals surface area contributed by atoms with E-state index in [1.54, 1.807) is 23.9 Å². The van der Waals surface area contributed by atoms with Gasteiger partial charge in [-0.3, -0.25) is 0 Å². The van der Waals surface area contributed by atoms with E-state index >= 15 is 0 Å². The molecular weight excluding hydrogens is 286 g/mol. The van der Waals surface area contributed by atoms with Crippen LogP contribution in [0.3, 0.4) is 0 Å². The van der Waals surface area contributed by atoms with Gasteiger partial charge in [0.15, 0.2) is 0 Å². The molecule has 2 aromatic carbocycles. The fourth-order valence-corrected chi connectivity index (χ4v) is 2.69. The standard InChI is InChI=1S/C16H17NO3S/c1-11-5-6-14(17)15(9-11)21-8-7-20-13-4-2-3-12(10-13)16(18)19/h2-6,9-10H,7-8,17H2,1H3,(H,18,19). The Morgan fingerprint density at radius 1 is 1.29 bits per heavy atom. The van der Waals surface area contributed by atoms with Crippen LogP contribution in [0, 0.1) is 6.92 Å². The molecule has 0 aliphatic carbocycles. The highest BCUT2D eigenvalue weighted by Gasteiger charge is 2.04.